The Bertz CT molecular complexity index is 693. The van der Waals surface area contributed by atoms with Crippen LogP contribution in [-0.2, 0) is 19.6 Å². The molecule has 29 heavy (non-hydrogen) atoms. The maximum Gasteiger partial charge on any atom is 0.480 e. The topological polar surface area (TPSA) is 74.5 Å². The third-order valence-corrected chi connectivity index (χ3v) is 8.74. The van der Waals surface area contributed by atoms with E-state index in [4.69, 9.17) is 4.74 Å². The van der Waals surface area contributed by atoms with E-state index < -0.39 is 15.5 Å². The summed E-state index contributed by atoms with van der Waals surface area (Å²) in [4.78, 5) is 13.0. The highest BCUT2D eigenvalue weighted by molar-refractivity contribution is 7.94. The van der Waals surface area contributed by atoms with Crippen molar-refractivity contribution in [1.82, 2.24) is 0 Å². The van der Waals surface area contributed by atoms with E-state index in [1.54, 1.807) is 0 Å². The number of sulfonamides is 1. The smallest absolute Gasteiger partial charge is 0.480 e. The summed E-state index contributed by atoms with van der Waals surface area (Å²) < 4.78 is 67.7. The number of rotatable bonds is 6. The van der Waals surface area contributed by atoms with Crippen LogP contribution in [0.4, 0.5) is 13.2 Å². The van der Waals surface area contributed by atoms with Crippen molar-refractivity contribution in [1.29, 1.82) is 0 Å². The molecule has 0 aromatic rings. The molecule has 0 heterocycles. The van der Waals surface area contributed by atoms with Crippen LogP contribution in [0.2, 0.25) is 0 Å². The minimum Gasteiger partial charge on any atom is -0.541 e. The maximum atomic E-state index is 13.0. The van der Waals surface area contributed by atoms with E-state index in [1.165, 1.54) is 19.3 Å². The fraction of sp³-hybridized carbons (Fsp3) is 0.950. The van der Waals surface area contributed by atoms with Gasteiger partial charge < -0.3 is 9.46 Å². The Balaban J connectivity index is 1.21. The lowest BCUT2D eigenvalue weighted by Gasteiger charge is -2.55. The van der Waals surface area contributed by atoms with E-state index in [9.17, 15) is 26.4 Å². The summed E-state index contributed by atoms with van der Waals surface area (Å²) in [7, 11) is -5.39. The van der Waals surface area contributed by atoms with E-state index >= 15 is 0 Å². The Labute approximate surface area is 170 Å². The summed E-state index contributed by atoms with van der Waals surface area (Å²) in [6, 6.07) is 0. The van der Waals surface area contributed by atoms with Gasteiger partial charge in [0.15, 0.2) is 10.0 Å². The van der Waals surface area contributed by atoms with Crippen molar-refractivity contribution >= 4 is 16.0 Å². The van der Waals surface area contributed by atoms with E-state index in [1.807, 2.05) is 0 Å². The van der Waals surface area contributed by atoms with Gasteiger partial charge in [0.25, 0.3) is 0 Å². The van der Waals surface area contributed by atoms with Crippen molar-refractivity contribution in [3.8, 4) is 0 Å². The van der Waals surface area contributed by atoms with Crippen LogP contribution in [0, 0.1) is 29.1 Å². The zero-order chi connectivity index (χ0) is 20.9. The number of nitrogens with zero attached hydrogens (tertiary/aromatic N) is 1. The Morgan fingerprint density at radius 2 is 1.48 bits per heavy atom. The minimum atomic E-state index is -5.39. The largest absolute Gasteiger partial charge is 0.541 e. The number of esters is 1. The number of alkyl halides is 3. The van der Waals surface area contributed by atoms with Crippen LogP contribution in [0.5, 0.6) is 0 Å². The molecule has 0 N–H and O–H groups in total. The van der Waals surface area contributed by atoms with Gasteiger partial charge in [-0.15, -0.1) is 6.54 Å². The first-order chi connectivity index (χ1) is 13.6. The molecule has 9 heteroatoms. The van der Waals surface area contributed by atoms with Crippen LogP contribution in [0.15, 0.2) is 0 Å². The summed E-state index contributed by atoms with van der Waals surface area (Å²) in [6.45, 7) is -0.343. The molecule has 0 amide bonds. The van der Waals surface area contributed by atoms with Crippen molar-refractivity contribution < 1.29 is 31.1 Å². The molecule has 5 aliphatic carbocycles. The second-order valence-corrected chi connectivity index (χ2v) is 11.5. The van der Waals surface area contributed by atoms with Gasteiger partial charge in [-0.1, -0.05) is 6.42 Å². The van der Waals surface area contributed by atoms with Gasteiger partial charge in [-0.05, 0) is 87.9 Å². The molecular weight excluding hydrogens is 407 g/mol. The fourth-order valence-corrected chi connectivity index (χ4v) is 7.10. The van der Waals surface area contributed by atoms with E-state index in [2.05, 4.69) is 4.72 Å². The summed E-state index contributed by atoms with van der Waals surface area (Å²) >= 11 is 0. The molecule has 0 aromatic heterocycles. The Morgan fingerprint density at radius 1 is 0.966 bits per heavy atom. The molecule has 166 valence electrons. The third-order valence-electron chi connectivity index (χ3n) is 7.63. The van der Waals surface area contributed by atoms with Gasteiger partial charge in [-0.3, -0.25) is 4.79 Å². The predicted octanol–water partition coefficient (Wildman–Crippen LogP) is 4.92. The van der Waals surface area contributed by atoms with Gasteiger partial charge in [0.1, 0.15) is 6.10 Å². The van der Waals surface area contributed by atoms with Gasteiger partial charge in [-0.2, -0.15) is 13.2 Å². The van der Waals surface area contributed by atoms with Crippen LogP contribution in [0.3, 0.4) is 0 Å². The molecule has 0 spiro atoms. The summed E-state index contributed by atoms with van der Waals surface area (Å²) in [5.74, 6) is 2.15. The zero-order valence-electron chi connectivity index (χ0n) is 16.5. The van der Waals surface area contributed by atoms with Crippen LogP contribution >= 0.6 is 0 Å². The van der Waals surface area contributed by atoms with E-state index in [0.717, 1.165) is 32.1 Å². The van der Waals surface area contributed by atoms with Crippen molar-refractivity contribution in [3.05, 3.63) is 4.72 Å². The molecule has 0 unspecified atom stereocenters. The third kappa shape index (κ3) is 4.45. The summed E-state index contributed by atoms with van der Waals surface area (Å²) in [6.07, 6.45) is 9.75. The molecule has 5 aliphatic rings. The molecule has 0 aliphatic heterocycles. The molecule has 5 nitrogen and oxygen atoms in total. The predicted molar refractivity (Wildman–Crippen MR) is 100 cm³/mol. The van der Waals surface area contributed by atoms with Gasteiger partial charge in [0, 0.05) is 0 Å². The maximum absolute atomic E-state index is 13.0. The summed E-state index contributed by atoms with van der Waals surface area (Å²) in [5.41, 5.74) is -5.59. The van der Waals surface area contributed by atoms with Gasteiger partial charge in [-0.25, -0.2) is 8.42 Å². The highest BCUT2D eigenvalue weighted by Gasteiger charge is 2.55. The fourth-order valence-electron chi connectivity index (χ4n) is 6.60. The monoisotopic (exact) mass is 436 g/mol. The first-order valence-corrected chi connectivity index (χ1v) is 12.2. The Hall–Kier alpha value is -0.830. The lowest BCUT2D eigenvalue weighted by atomic mass is 9.49. The molecule has 4 bridgehead atoms. The zero-order valence-corrected chi connectivity index (χ0v) is 17.3. The van der Waals surface area contributed by atoms with Crippen LogP contribution in [0.1, 0.15) is 70.6 Å². The number of carbonyl (C=O) groups is 1. The Morgan fingerprint density at radius 3 is 1.97 bits per heavy atom. The highest BCUT2D eigenvalue weighted by atomic mass is 32.2. The summed E-state index contributed by atoms with van der Waals surface area (Å²) in [5, 5.41) is 0. The molecular formula is C20H29F3NO4S-. The lowest BCUT2D eigenvalue weighted by Crippen LogP contribution is -2.51. The second kappa shape index (κ2) is 7.70. The molecule has 5 fully saturated rings. The van der Waals surface area contributed by atoms with Crippen LogP contribution in [-0.4, -0.2) is 32.5 Å². The standard InChI is InChI=1S/C20H29F3NO4S/c21-20(22,23)29(26,27)24-6-5-13-1-3-17(4-2-13)28-18(25)19-10-14-7-15(11-19)9-16(8-14)12-19/h13-17H,1-12H2/q-1. The lowest BCUT2D eigenvalue weighted by molar-refractivity contribution is -0.178. The van der Waals surface area contributed by atoms with Crippen LogP contribution in [0.25, 0.3) is 4.72 Å². The molecule has 0 atom stereocenters. The first-order valence-electron chi connectivity index (χ1n) is 10.8. The average molecular weight is 437 g/mol. The molecule has 0 saturated heterocycles. The van der Waals surface area contributed by atoms with Crippen molar-refractivity contribution in [2.45, 2.75) is 82.2 Å². The quantitative estimate of drug-likeness (QED) is 0.554. The number of hydrogen-bond acceptors (Lipinski definition) is 4. The second-order valence-electron chi connectivity index (χ2n) is 9.81. The number of ether oxygens (including phenoxy) is 1. The van der Waals surface area contributed by atoms with Crippen molar-refractivity contribution in [3.63, 3.8) is 0 Å². The Kier molecular flexibility index (Phi) is 5.68. The molecule has 5 rings (SSSR count). The van der Waals surface area contributed by atoms with E-state index in [-0.39, 0.29) is 30.0 Å². The van der Waals surface area contributed by atoms with Gasteiger partial charge in [0.05, 0.1) is 5.41 Å². The number of hydrogen-bond donors (Lipinski definition) is 0. The number of carbonyl (C=O) groups excluding carboxylic acids is 1. The van der Waals surface area contributed by atoms with Gasteiger partial charge >= 0.3 is 11.5 Å². The SMILES string of the molecule is O=C(OC1CCC(CC[N-]S(=O)(=O)C(F)(F)F)CC1)C12CC3CC(CC(C3)C1)C2. The molecule has 0 radical (unpaired) electrons. The average Bonchev–Trinajstić information content (AvgIpc) is 2.61. The highest BCUT2D eigenvalue weighted by Crippen LogP contribution is 2.60. The molecule has 0 aromatic carbocycles. The first kappa shape index (κ1) is 21.4. The van der Waals surface area contributed by atoms with E-state index in [0.29, 0.717) is 37.0 Å². The number of halogens is 3. The minimum absolute atomic E-state index is 0.0219. The normalized spacial score (nSPS) is 39.5. The van der Waals surface area contributed by atoms with Gasteiger partial charge in [0.2, 0.25) is 0 Å². The van der Waals surface area contributed by atoms with Crippen molar-refractivity contribution in [2.24, 2.45) is 29.1 Å². The van der Waals surface area contributed by atoms with Crippen molar-refractivity contribution in [2.75, 3.05) is 6.54 Å². The van der Waals surface area contributed by atoms with Crippen LogP contribution < -0.4 is 0 Å². The molecule has 5 saturated carbocycles.